The molecule has 0 radical (unpaired) electrons. The summed E-state index contributed by atoms with van der Waals surface area (Å²) in [6.07, 6.45) is -12.4. The van der Waals surface area contributed by atoms with Crippen molar-refractivity contribution in [2.75, 3.05) is 6.61 Å². The molecule has 0 bridgehead atoms. The highest BCUT2D eigenvalue weighted by Gasteiger charge is 2.92. The van der Waals surface area contributed by atoms with Crippen molar-refractivity contribution in [2.45, 2.75) is 86.3 Å². The van der Waals surface area contributed by atoms with E-state index in [-0.39, 0.29) is 0 Å². The fourth-order valence-electron chi connectivity index (χ4n) is 2.38. The van der Waals surface area contributed by atoms with Crippen molar-refractivity contribution in [2.24, 2.45) is 0 Å². The van der Waals surface area contributed by atoms with Gasteiger partial charge in [0.05, 0.1) is 0 Å². The van der Waals surface area contributed by atoms with Gasteiger partial charge in [-0.05, 0) is 19.8 Å². The van der Waals surface area contributed by atoms with Crippen LogP contribution in [0.3, 0.4) is 0 Å². The molecule has 0 aromatic rings. The maximum atomic E-state index is 13.7. The van der Waals surface area contributed by atoms with Crippen LogP contribution in [0.25, 0.3) is 0 Å². The minimum absolute atomic E-state index is 0.830. The molecule has 0 saturated carbocycles. The zero-order chi connectivity index (χ0) is 27.7. The van der Waals surface area contributed by atoms with Crippen molar-refractivity contribution in [3.05, 3.63) is 0 Å². The minimum Gasteiger partial charge on any atom is -0.417 e. The smallest absolute Gasteiger partial charge is 0.389 e. The molecular weight excluding hydrogens is 547 g/mol. The maximum Gasteiger partial charge on any atom is 0.389 e. The number of alkyl halides is 17. The van der Waals surface area contributed by atoms with Crippen molar-refractivity contribution in [1.29, 1.82) is 0 Å². The Bertz CT molecular complexity index is 658. The highest BCUT2D eigenvalue weighted by Crippen LogP contribution is 2.62. The molecule has 0 aromatic carbocycles. The second kappa shape index (κ2) is 10.2. The van der Waals surface area contributed by atoms with Gasteiger partial charge in [-0.1, -0.05) is 6.42 Å². The third-order valence-electron chi connectivity index (χ3n) is 4.43. The summed E-state index contributed by atoms with van der Waals surface area (Å²) in [4.78, 5) is 0. The Morgan fingerprint density at radius 3 is 1.29 bits per heavy atom. The largest absolute Gasteiger partial charge is 0.417 e. The summed E-state index contributed by atoms with van der Waals surface area (Å²) >= 11 is 0. The van der Waals surface area contributed by atoms with Crippen molar-refractivity contribution < 1.29 is 79.1 Å². The van der Waals surface area contributed by atoms with Crippen molar-refractivity contribution in [3.8, 4) is 0 Å². The molecule has 0 N–H and O–H groups in total. The van der Waals surface area contributed by atoms with E-state index < -0.39 is 95.7 Å². The summed E-state index contributed by atoms with van der Waals surface area (Å²) in [5.41, 5.74) is -6.21. The number of halogens is 17. The molecule has 0 fully saturated rings. The van der Waals surface area contributed by atoms with Gasteiger partial charge in [0.25, 0.3) is 0 Å². The summed E-state index contributed by atoms with van der Waals surface area (Å²) < 4.78 is 230. The van der Waals surface area contributed by atoms with Crippen molar-refractivity contribution in [3.63, 3.8) is 0 Å². The predicted octanol–water partition coefficient (Wildman–Crippen LogP) is 7.02. The van der Waals surface area contributed by atoms with Crippen LogP contribution in [0.5, 0.6) is 0 Å². The van der Waals surface area contributed by atoms with Crippen LogP contribution in [-0.4, -0.2) is 63.6 Å². The first-order valence-corrected chi connectivity index (χ1v) is 10.3. The van der Waals surface area contributed by atoms with Gasteiger partial charge in [0.2, 0.25) is 9.76 Å². The van der Waals surface area contributed by atoms with Crippen molar-refractivity contribution in [1.82, 2.24) is 0 Å². The third-order valence-corrected chi connectivity index (χ3v) is 5.85. The highest BCUT2D eigenvalue weighted by atomic mass is 28.2. The topological polar surface area (TPSA) is 9.23 Å². The lowest BCUT2D eigenvalue weighted by Gasteiger charge is -2.42. The van der Waals surface area contributed by atoms with Gasteiger partial charge in [-0.15, -0.1) is 0 Å². The lowest BCUT2D eigenvalue weighted by atomic mass is 9.89. The second-order valence-corrected chi connectivity index (χ2v) is 8.68. The summed E-state index contributed by atoms with van der Waals surface area (Å²) in [6.45, 7) is 0.0389. The number of hydrogen-bond acceptors (Lipinski definition) is 1. The molecule has 34 heavy (non-hydrogen) atoms. The van der Waals surface area contributed by atoms with Gasteiger partial charge in [-0.2, -0.15) is 65.9 Å². The Hall–Kier alpha value is -1.01. The first-order valence-electron chi connectivity index (χ1n) is 9.06. The number of hydrogen-bond donors (Lipinski definition) is 0. The molecule has 0 unspecified atom stereocenters. The molecule has 0 saturated heterocycles. The lowest BCUT2D eigenvalue weighted by molar-refractivity contribution is -0.436. The lowest BCUT2D eigenvalue weighted by Crippen LogP contribution is -2.73. The molecule has 0 aliphatic heterocycles. The van der Waals surface area contributed by atoms with Crippen LogP contribution in [0.2, 0.25) is 0 Å². The molecule has 1 nitrogen and oxygen atoms in total. The van der Waals surface area contributed by atoms with Crippen LogP contribution in [0.4, 0.5) is 74.6 Å². The molecule has 0 heterocycles. The first-order chi connectivity index (χ1) is 14.8. The number of unbranched alkanes of at least 4 members (excludes halogenated alkanes) is 2. The van der Waals surface area contributed by atoms with E-state index in [1.165, 1.54) is 0 Å². The molecule has 0 aromatic heterocycles. The molecule has 0 amide bonds. The molecular formula is C15H17F17OSi. The zero-order valence-corrected chi connectivity index (χ0v) is 18.2. The monoisotopic (exact) mass is 564 g/mol. The van der Waals surface area contributed by atoms with E-state index in [2.05, 4.69) is 4.43 Å². The quantitative estimate of drug-likeness (QED) is 0.125. The highest BCUT2D eigenvalue weighted by molar-refractivity contribution is 6.31. The van der Waals surface area contributed by atoms with Crippen molar-refractivity contribution >= 4 is 9.76 Å². The van der Waals surface area contributed by atoms with E-state index in [1.807, 2.05) is 0 Å². The zero-order valence-electron chi connectivity index (χ0n) is 16.8. The van der Waals surface area contributed by atoms with Crippen LogP contribution < -0.4 is 0 Å². The number of rotatable bonds is 14. The van der Waals surface area contributed by atoms with E-state index in [1.54, 1.807) is 0 Å². The third kappa shape index (κ3) is 6.03. The fraction of sp³-hybridized carbons (Fsp3) is 1.00. The van der Waals surface area contributed by atoms with Crippen LogP contribution in [0.1, 0.15) is 39.0 Å². The molecule has 0 spiro atoms. The van der Waals surface area contributed by atoms with E-state index >= 15 is 0 Å². The van der Waals surface area contributed by atoms with E-state index in [0.29, 0.717) is 0 Å². The van der Waals surface area contributed by atoms with Gasteiger partial charge >= 0.3 is 47.3 Å². The van der Waals surface area contributed by atoms with Crippen LogP contribution in [0.15, 0.2) is 0 Å². The van der Waals surface area contributed by atoms with Crippen LogP contribution in [-0.2, 0) is 4.43 Å². The average molecular weight is 564 g/mol. The Labute approximate surface area is 182 Å². The Balaban J connectivity index is 5.96. The van der Waals surface area contributed by atoms with Crippen LogP contribution in [0, 0.1) is 0 Å². The summed E-state index contributed by atoms with van der Waals surface area (Å²) in [7, 11) is -4.19. The summed E-state index contributed by atoms with van der Waals surface area (Å²) in [6, 6.07) is 0. The molecule has 0 aliphatic carbocycles. The van der Waals surface area contributed by atoms with Gasteiger partial charge in [0, 0.05) is 19.4 Å². The molecule has 206 valence electrons. The van der Waals surface area contributed by atoms with Gasteiger partial charge in [0.15, 0.2) is 0 Å². The Kier molecular flexibility index (Phi) is 9.86. The predicted molar refractivity (Wildman–Crippen MR) is 83.9 cm³/mol. The van der Waals surface area contributed by atoms with Gasteiger partial charge < -0.3 is 4.43 Å². The SMILES string of the molecule is CCO[SiH2]C(F)(F)C(F)(F)C(F)(F)C(F)(F)C(F)(F)C(F)(F)C(F)(F)CCCCCC(F)(F)F. The molecule has 19 heteroatoms. The van der Waals surface area contributed by atoms with Gasteiger partial charge in [-0.25, -0.2) is 8.78 Å². The molecule has 0 atom stereocenters. The Morgan fingerprint density at radius 2 is 0.882 bits per heavy atom. The van der Waals surface area contributed by atoms with Gasteiger partial charge in [-0.3, -0.25) is 0 Å². The van der Waals surface area contributed by atoms with Crippen LogP contribution >= 0.6 is 0 Å². The summed E-state index contributed by atoms with van der Waals surface area (Å²) in [5, 5.41) is 0. The second-order valence-electron chi connectivity index (χ2n) is 7.09. The first kappa shape index (κ1) is 33.0. The van der Waals surface area contributed by atoms with E-state index in [4.69, 9.17) is 0 Å². The maximum absolute atomic E-state index is 13.7. The fourth-order valence-corrected chi connectivity index (χ4v) is 3.24. The molecule has 0 aliphatic rings. The minimum atomic E-state index is -8.16. The molecule has 0 rings (SSSR count). The van der Waals surface area contributed by atoms with E-state index in [0.717, 1.165) is 6.92 Å². The van der Waals surface area contributed by atoms with E-state index in [9.17, 15) is 74.6 Å². The summed E-state index contributed by atoms with van der Waals surface area (Å²) in [5.74, 6) is -45.4. The Morgan fingerprint density at radius 1 is 0.500 bits per heavy atom. The standard InChI is InChI=1S/C15H17F17OSi/c1-2-33-34-15(31,32)14(29,30)13(27,28)12(25,26)11(23,24)10(21,22)8(16,17)6-4-3-5-7-9(18,19)20/h2-7,34H2,1H3. The average Bonchev–Trinajstić information content (AvgIpc) is 2.64. The van der Waals surface area contributed by atoms with Gasteiger partial charge in [0.1, 0.15) is 0 Å². The normalized spacial score (nSPS) is 16.1.